The fraction of sp³-hybridized carbons (Fsp3) is 0.450. The summed E-state index contributed by atoms with van der Waals surface area (Å²) in [4.78, 5) is 4.29. The first-order valence-electron chi connectivity index (χ1n) is 9.13. The molecule has 1 unspecified atom stereocenters. The van der Waals surface area contributed by atoms with E-state index in [1.54, 1.807) is 13.3 Å². The zero-order chi connectivity index (χ0) is 18.0. The van der Waals surface area contributed by atoms with Crippen LogP contribution < -0.4 is 15.4 Å². The number of hydrogen-bond donors (Lipinski definition) is 2. The minimum atomic E-state index is 0. The molecule has 0 aliphatic carbocycles. The van der Waals surface area contributed by atoms with Crippen LogP contribution in [0.4, 0.5) is 0 Å². The van der Waals surface area contributed by atoms with E-state index in [2.05, 4.69) is 27.8 Å². The van der Waals surface area contributed by atoms with Gasteiger partial charge in [-0.15, -0.1) is 24.0 Å². The number of guanidine groups is 1. The quantitative estimate of drug-likeness (QED) is 0.259. The Hall–Kier alpha value is -1.74. The molecule has 27 heavy (non-hydrogen) atoms. The fourth-order valence-electron chi connectivity index (χ4n) is 3.02. The van der Waals surface area contributed by atoms with Gasteiger partial charge in [-0.2, -0.15) is 0 Å². The summed E-state index contributed by atoms with van der Waals surface area (Å²) in [6.45, 7) is 3.61. The number of hydrogen-bond acceptors (Lipinski definition) is 4. The molecule has 0 fully saturated rings. The third kappa shape index (κ3) is 6.73. The lowest BCUT2D eigenvalue weighted by atomic mass is 9.93. The van der Waals surface area contributed by atoms with Gasteiger partial charge in [0.2, 0.25) is 0 Å². The number of fused-ring (bicyclic) bond motifs is 1. The van der Waals surface area contributed by atoms with Crippen LogP contribution in [0, 0.1) is 0 Å². The van der Waals surface area contributed by atoms with Crippen molar-refractivity contribution >= 4 is 29.9 Å². The SMILES string of the molecule is CN=C(NCCCOCc1ccco1)NCC1CCOc2ccccc21.I. The highest BCUT2D eigenvalue weighted by Gasteiger charge is 2.20. The van der Waals surface area contributed by atoms with E-state index in [4.69, 9.17) is 13.9 Å². The van der Waals surface area contributed by atoms with E-state index in [1.165, 1.54) is 5.56 Å². The largest absolute Gasteiger partial charge is 0.493 e. The van der Waals surface area contributed by atoms with Crippen molar-refractivity contribution in [1.82, 2.24) is 10.6 Å². The Morgan fingerprint density at radius 3 is 2.93 bits per heavy atom. The minimum absolute atomic E-state index is 0. The lowest BCUT2D eigenvalue weighted by molar-refractivity contribution is 0.105. The summed E-state index contributed by atoms with van der Waals surface area (Å²) >= 11 is 0. The van der Waals surface area contributed by atoms with Crippen molar-refractivity contribution in [2.24, 2.45) is 4.99 Å². The van der Waals surface area contributed by atoms with Crippen LogP contribution in [0.15, 0.2) is 52.1 Å². The van der Waals surface area contributed by atoms with Crippen LogP contribution >= 0.6 is 24.0 Å². The Bertz CT molecular complexity index is 692. The third-order valence-electron chi connectivity index (χ3n) is 4.40. The summed E-state index contributed by atoms with van der Waals surface area (Å²) in [7, 11) is 1.79. The van der Waals surface area contributed by atoms with Crippen molar-refractivity contribution in [3.63, 3.8) is 0 Å². The van der Waals surface area contributed by atoms with Crippen LogP contribution in [-0.4, -0.2) is 39.3 Å². The lowest BCUT2D eigenvalue weighted by Gasteiger charge is -2.26. The smallest absolute Gasteiger partial charge is 0.190 e. The number of rotatable bonds is 8. The first kappa shape index (κ1) is 21.6. The predicted molar refractivity (Wildman–Crippen MR) is 117 cm³/mol. The van der Waals surface area contributed by atoms with E-state index in [-0.39, 0.29) is 24.0 Å². The highest BCUT2D eigenvalue weighted by Crippen LogP contribution is 2.32. The topological polar surface area (TPSA) is 68.0 Å². The first-order valence-corrected chi connectivity index (χ1v) is 9.13. The molecule has 148 valence electrons. The minimum Gasteiger partial charge on any atom is -0.493 e. The van der Waals surface area contributed by atoms with Gasteiger partial charge in [0.05, 0.1) is 12.9 Å². The highest BCUT2D eigenvalue weighted by atomic mass is 127. The number of halogens is 1. The molecule has 1 aliphatic rings. The third-order valence-corrected chi connectivity index (χ3v) is 4.40. The second kappa shape index (κ2) is 11.9. The molecule has 0 spiro atoms. The molecule has 2 heterocycles. The van der Waals surface area contributed by atoms with Crippen LogP contribution in [0.5, 0.6) is 5.75 Å². The number of aliphatic imine (C=N–C) groups is 1. The average Bonchev–Trinajstić information content (AvgIpc) is 3.20. The molecule has 1 aromatic heterocycles. The zero-order valence-electron chi connectivity index (χ0n) is 15.6. The Morgan fingerprint density at radius 2 is 2.11 bits per heavy atom. The predicted octanol–water partition coefficient (Wildman–Crippen LogP) is 3.54. The van der Waals surface area contributed by atoms with Crippen molar-refractivity contribution in [3.8, 4) is 5.75 Å². The number of benzene rings is 1. The average molecular weight is 485 g/mol. The summed E-state index contributed by atoms with van der Waals surface area (Å²) in [5, 5.41) is 6.75. The Labute approximate surface area is 177 Å². The molecular formula is C20H28IN3O3. The molecule has 0 saturated heterocycles. The van der Waals surface area contributed by atoms with Gasteiger partial charge in [0, 0.05) is 32.7 Å². The summed E-state index contributed by atoms with van der Waals surface area (Å²) < 4.78 is 16.5. The molecule has 2 N–H and O–H groups in total. The first-order chi connectivity index (χ1) is 12.9. The lowest BCUT2D eigenvalue weighted by Crippen LogP contribution is -2.40. The maximum Gasteiger partial charge on any atom is 0.190 e. The molecule has 0 radical (unpaired) electrons. The molecule has 6 nitrogen and oxygen atoms in total. The maximum atomic E-state index is 5.72. The number of furan rings is 1. The summed E-state index contributed by atoms with van der Waals surface area (Å²) in [5.74, 6) is 3.12. The molecule has 0 saturated carbocycles. The fourth-order valence-corrected chi connectivity index (χ4v) is 3.02. The van der Waals surface area contributed by atoms with Gasteiger partial charge in [0.1, 0.15) is 18.1 Å². The number of nitrogens with zero attached hydrogens (tertiary/aromatic N) is 1. The molecule has 3 rings (SSSR count). The Balaban J connectivity index is 0.00000261. The molecule has 1 aliphatic heterocycles. The van der Waals surface area contributed by atoms with E-state index in [1.807, 2.05) is 24.3 Å². The van der Waals surface area contributed by atoms with E-state index in [9.17, 15) is 0 Å². The zero-order valence-corrected chi connectivity index (χ0v) is 18.0. The van der Waals surface area contributed by atoms with Crippen molar-refractivity contribution in [2.45, 2.75) is 25.4 Å². The van der Waals surface area contributed by atoms with Crippen LogP contribution in [0.2, 0.25) is 0 Å². The molecule has 1 aromatic carbocycles. The van der Waals surface area contributed by atoms with Crippen LogP contribution in [0.1, 0.15) is 30.1 Å². The van der Waals surface area contributed by atoms with Crippen LogP contribution in [0.25, 0.3) is 0 Å². The van der Waals surface area contributed by atoms with Crippen molar-refractivity contribution in [3.05, 3.63) is 54.0 Å². The van der Waals surface area contributed by atoms with Crippen molar-refractivity contribution in [2.75, 3.05) is 33.4 Å². The van der Waals surface area contributed by atoms with E-state index < -0.39 is 0 Å². The van der Waals surface area contributed by atoms with E-state index >= 15 is 0 Å². The summed E-state index contributed by atoms with van der Waals surface area (Å²) in [6.07, 6.45) is 3.58. The van der Waals surface area contributed by atoms with Crippen molar-refractivity contribution < 1.29 is 13.9 Å². The number of nitrogens with one attached hydrogen (secondary N) is 2. The van der Waals surface area contributed by atoms with Gasteiger partial charge < -0.3 is 24.5 Å². The van der Waals surface area contributed by atoms with Gasteiger partial charge in [-0.25, -0.2) is 0 Å². The van der Waals surface area contributed by atoms with E-state index in [0.717, 1.165) is 50.0 Å². The standard InChI is InChI=1S/C20H27N3O3.HI/c1-21-20(22-10-5-11-24-15-17-6-4-12-25-17)23-14-16-9-13-26-19-8-3-2-7-18(16)19;/h2-4,6-8,12,16H,5,9-11,13-15H2,1H3,(H2,21,22,23);1H. The van der Waals surface area contributed by atoms with Gasteiger partial charge in [-0.05, 0) is 36.6 Å². The second-order valence-electron chi connectivity index (χ2n) is 6.24. The summed E-state index contributed by atoms with van der Waals surface area (Å²) in [6, 6.07) is 12.1. The van der Waals surface area contributed by atoms with E-state index in [0.29, 0.717) is 19.1 Å². The number of ether oxygens (including phenoxy) is 2. The van der Waals surface area contributed by atoms with Crippen LogP contribution in [-0.2, 0) is 11.3 Å². The maximum absolute atomic E-state index is 5.72. The van der Waals surface area contributed by atoms with Crippen LogP contribution in [0.3, 0.4) is 0 Å². The molecule has 2 aromatic rings. The van der Waals surface area contributed by atoms with Gasteiger partial charge in [-0.1, -0.05) is 18.2 Å². The Kier molecular flexibility index (Phi) is 9.47. The molecular weight excluding hydrogens is 457 g/mol. The van der Waals surface area contributed by atoms with Crippen molar-refractivity contribution in [1.29, 1.82) is 0 Å². The molecule has 0 amide bonds. The second-order valence-corrected chi connectivity index (χ2v) is 6.24. The van der Waals surface area contributed by atoms with Gasteiger partial charge in [0.15, 0.2) is 5.96 Å². The number of para-hydroxylation sites is 1. The highest BCUT2D eigenvalue weighted by molar-refractivity contribution is 14.0. The van der Waals surface area contributed by atoms with Gasteiger partial charge >= 0.3 is 0 Å². The molecule has 7 heteroatoms. The summed E-state index contributed by atoms with van der Waals surface area (Å²) in [5.41, 5.74) is 1.27. The molecule has 1 atom stereocenters. The van der Waals surface area contributed by atoms with Gasteiger partial charge in [-0.3, -0.25) is 4.99 Å². The Morgan fingerprint density at radius 1 is 1.22 bits per heavy atom. The monoisotopic (exact) mass is 485 g/mol. The normalized spacial score (nSPS) is 16.0. The molecule has 0 bridgehead atoms. The van der Waals surface area contributed by atoms with Gasteiger partial charge in [0.25, 0.3) is 0 Å².